The van der Waals surface area contributed by atoms with Gasteiger partial charge in [-0.15, -0.1) is 0 Å². The van der Waals surface area contributed by atoms with E-state index >= 15 is 0 Å². The fourth-order valence-corrected chi connectivity index (χ4v) is 2.70. The average molecular weight is 345 g/mol. The Hall–Kier alpha value is -3.06. The number of fused-ring (bicyclic) bond motifs is 1. The summed E-state index contributed by atoms with van der Waals surface area (Å²) < 4.78 is 5.83. The molecule has 4 nitrogen and oxygen atoms in total. The molecule has 3 aromatic rings. The highest BCUT2D eigenvalue weighted by molar-refractivity contribution is 5.90. The van der Waals surface area contributed by atoms with Gasteiger partial charge in [0.25, 0.3) is 0 Å². The van der Waals surface area contributed by atoms with Gasteiger partial charge in [-0.3, -0.25) is 0 Å². The van der Waals surface area contributed by atoms with E-state index in [1.807, 2.05) is 57.2 Å². The van der Waals surface area contributed by atoms with Crippen molar-refractivity contribution in [2.24, 2.45) is 0 Å². The van der Waals surface area contributed by atoms with Crippen LogP contribution in [0.3, 0.4) is 0 Å². The lowest BCUT2D eigenvalue weighted by molar-refractivity contribution is 0.131. The van der Waals surface area contributed by atoms with Crippen LogP contribution in [0.25, 0.3) is 22.7 Å². The number of H-pyrrole nitrogens is 1. The highest BCUT2D eigenvalue weighted by Gasteiger charge is 2.12. The summed E-state index contributed by atoms with van der Waals surface area (Å²) in [6.45, 7) is 10.2. The van der Waals surface area contributed by atoms with E-state index in [2.05, 4.69) is 36.0 Å². The lowest BCUT2D eigenvalue weighted by Crippen LogP contribution is -2.22. The minimum atomic E-state index is -0.236. The van der Waals surface area contributed by atoms with Crippen molar-refractivity contribution >= 4 is 22.7 Å². The Bertz CT molecular complexity index is 973. The largest absolute Gasteiger partial charge is 0.488 e. The Labute approximate surface area is 154 Å². The molecule has 0 fully saturated rings. The van der Waals surface area contributed by atoms with Crippen LogP contribution in [0.15, 0.2) is 36.4 Å². The average Bonchev–Trinajstić information content (AvgIpc) is 2.95. The third kappa shape index (κ3) is 3.94. The maximum atomic E-state index is 9.58. The number of nitriles is 1. The summed E-state index contributed by atoms with van der Waals surface area (Å²) in [4.78, 5) is 7.83. The Morgan fingerprint density at radius 3 is 2.38 bits per heavy atom. The second kappa shape index (κ2) is 6.68. The summed E-state index contributed by atoms with van der Waals surface area (Å²) in [5.41, 5.74) is 5.39. The minimum Gasteiger partial charge on any atom is -0.488 e. The van der Waals surface area contributed by atoms with Gasteiger partial charge in [0, 0.05) is 0 Å². The summed E-state index contributed by atoms with van der Waals surface area (Å²) >= 11 is 0. The molecular weight excluding hydrogens is 322 g/mol. The number of ether oxygens (including phenoxy) is 1. The number of hydrogen-bond acceptors (Lipinski definition) is 3. The molecule has 0 bridgehead atoms. The first-order valence-electron chi connectivity index (χ1n) is 8.63. The predicted molar refractivity (Wildman–Crippen MR) is 106 cm³/mol. The van der Waals surface area contributed by atoms with Crippen LogP contribution < -0.4 is 4.74 Å². The Balaban J connectivity index is 1.92. The lowest BCUT2D eigenvalue weighted by Gasteiger charge is -2.21. The van der Waals surface area contributed by atoms with Gasteiger partial charge in [-0.1, -0.05) is 12.1 Å². The smallest absolute Gasteiger partial charge is 0.149 e. The van der Waals surface area contributed by atoms with Crippen molar-refractivity contribution in [3.8, 4) is 11.8 Å². The van der Waals surface area contributed by atoms with Crippen molar-refractivity contribution in [3.63, 3.8) is 0 Å². The number of nitrogens with zero attached hydrogens (tertiary/aromatic N) is 2. The minimum absolute atomic E-state index is 0.236. The van der Waals surface area contributed by atoms with E-state index in [9.17, 15) is 5.26 Å². The first kappa shape index (κ1) is 17.8. The van der Waals surface area contributed by atoms with Gasteiger partial charge in [0.15, 0.2) is 0 Å². The van der Waals surface area contributed by atoms with E-state index in [-0.39, 0.29) is 5.60 Å². The predicted octanol–water partition coefficient (Wildman–Crippen LogP) is 5.42. The Morgan fingerprint density at radius 2 is 1.77 bits per heavy atom. The molecule has 0 radical (unpaired) electrons. The molecule has 26 heavy (non-hydrogen) atoms. The SMILES string of the molecule is Cc1cc2nc(/C(C#N)=C\c3ccc(OC(C)(C)C)cc3)[nH]c2cc1C. The molecule has 0 aliphatic heterocycles. The lowest BCUT2D eigenvalue weighted by atomic mass is 10.1. The van der Waals surface area contributed by atoms with Crippen LogP contribution >= 0.6 is 0 Å². The van der Waals surface area contributed by atoms with Crippen LogP contribution in [0.5, 0.6) is 5.75 Å². The van der Waals surface area contributed by atoms with Crippen LogP contribution in [0.2, 0.25) is 0 Å². The molecule has 0 aliphatic carbocycles. The van der Waals surface area contributed by atoms with E-state index in [4.69, 9.17) is 4.74 Å². The van der Waals surface area contributed by atoms with Gasteiger partial charge in [0.2, 0.25) is 0 Å². The van der Waals surface area contributed by atoms with E-state index in [1.54, 1.807) is 0 Å². The Morgan fingerprint density at radius 1 is 1.12 bits per heavy atom. The van der Waals surface area contributed by atoms with E-state index in [0.717, 1.165) is 22.3 Å². The molecule has 0 unspecified atom stereocenters. The zero-order chi connectivity index (χ0) is 18.9. The second-order valence-electron chi connectivity index (χ2n) is 7.49. The number of aryl methyl sites for hydroxylation is 2. The zero-order valence-corrected chi connectivity index (χ0v) is 15.8. The number of benzene rings is 2. The van der Waals surface area contributed by atoms with Crippen molar-refractivity contribution in [2.45, 2.75) is 40.2 Å². The molecule has 2 aromatic carbocycles. The Kier molecular flexibility index (Phi) is 4.56. The fourth-order valence-electron chi connectivity index (χ4n) is 2.70. The fraction of sp³-hybridized carbons (Fsp3) is 0.273. The van der Waals surface area contributed by atoms with Crippen LogP contribution in [0, 0.1) is 25.2 Å². The standard InChI is InChI=1S/C22H23N3O/c1-14-10-19-20(11-15(14)2)25-21(24-19)17(13-23)12-16-6-8-18(9-7-16)26-22(3,4)5/h6-12H,1-5H3,(H,24,25)/b17-12-. The number of aromatic amines is 1. The summed E-state index contributed by atoms with van der Waals surface area (Å²) in [7, 11) is 0. The highest BCUT2D eigenvalue weighted by atomic mass is 16.5. The van der Waals surface area contributed by atoms with Gasteiger partial charge in [-0.25, -0.2) is 4.98 Å². The van der Waals surface area contributed by atoms with Crippen molar-refractivity contribution < 1.29 is 4.74 Å². The molecule has 3 rings (SSSR count). The third-order valence-corrected chi connectivity index (χ3v) is 4.09. The number of aromatic nitrogens is 2. The van der Waals surface area contributed by atoms with Crippen LogP contribution in [-0.2, 0) is 0 Å². The first-order chi connectivity index (χ1) is 12.2. The summed E-state index contributed by atoms with van der Waals surface area (Å²) in [6, 6.07) is 14.1. The van der Waals surface area contributed by atoms with Crippen molar-refractivity contribution in [3.05, 3.63) is 58.9 Å². The van der Waals surface area contributed by atoms with Gasteiger partial charge in [-0.2, -0.15) is 5.26 Å². The van der Waals surface area contributed by atoms with Crippen molar-refractivity contribution in [2.75, 3.05) is 0 Å². The molecule has 0 saturated heterocycles. The molecule has 4 heteroatoms. The molecule has 132 valence electrons. The first-order valence-corrected chi connectivity index (χ1v) is 8.63. The van der Waals surface area contributed by atoms with Crippen LogP contribution in [-0.4, -0.2) is 15.6 Å². The third-order valence-electron chi connectivity index (χ3n) is 4.09. The van der Waals surface area contributed by atoms with Gasteiger partial charge in [0.05, 0.1) is 16.6 Å². The summed E-state index contributed by atoms with van der Waals surface area (Å²) in [6.07, 6.45) is 1.83. The van der Waals surface area contributed by atoms with Crippen LogP contribution in [0.1, 0.15) is 43.3 Å². The van der Waals surface area contributed by atoms with Gasteiger partial charge in [-0.05, 0) is 81.7 Å². The molecule has 1 aromatic heterocycles. The molecule has 0 saturated carbocycles. The molecule has 0 amide bonds. The highest BCUT2D eigenvalue weighted by Crippen LogP contribution is 2.23. The molecular formula is C22H23N3O. The van der Waals surface area contributed by atoms with Crippen molar-refractivity contribution in [1.29, 1.82) is 5.26 Å². The van der Waals surface area contributed by atoms with Gasteiger partial charge in [0.1, 0.15) is 23.2 Å². The number of rotatable bonds is 3. The molecule has 1 N–H and O–H groups in total. The maximum absolute atomic E-state index is 9.58. The number of allylic oxidation sites excluding steroid dienone is 1. The quantitative estimate of drug-likeness (QED) is 0.645. The molecule has 1 heterocycles. The van der Waals surface area contributed by atoms with E-state index in [0.29, 0.717) is 11.4 Å². The van der Waals surface area contributed by atoms with E-state index < -0.39 is 0 Å². The number of hydrogen-bond donors (Lipinski definition) is 1. The number of nitrogens with one attached hydrogen (secondary N) is 1. The van der Waals surface area contributed by atoms with Crippen LogP contribution in [0.4, 0.5) is 0 Å². The van der Waals surface area contributed by atoms with Crippen molar-refractivity contribution in [1.82, 2.24) is 9.97 Å². The van der Waals surface area contributed by atoms with E-state index in [1.165, 1.54) is 11.1 Å². The zero-order valence-electron chi connectivity index (χ0n) is 15.8. The molecule has 0 aliphatic rings. The maximum Gasteiger partial charge on any atom is 0.149 e. The monoisotopic (exact) mass is 345 g/mol. The molecule has 0 spiro atoms. The molecule has 0 atom stereocenters. The number of imidazole rings is 1. The summed E-state index contributed by atoms with van der Waals surface area (Å²) in [5, 5.41) is 9.58. The van der Waals surface area contributed by atoms with Gasteiger partial charge >= 0.3 is 0 Å². The second-order valence-corrected chi connectivity index (χ2v) is 7.49. The van der Waals surface area contributed by atoms with Gasteiger partial charge < -0.3 is 9.72 Å². The summed E-state index contributed by atoms with van der Waals surface area (Å²) in [5.74, 6) is 1.39. The topological polar surface area (TPSA) is 61.7 Å². The normalized spacial score (nSPS) is 12.2.